The van der Waals surface area contributed by atoms with E-state index in [1.165, 1.54) is 28.4 Å². The molecule has 1 rings (SSSR count). The SMILES string of the molecule is COC1=C(C#N)[C@H](C(OC)OC)[C@@H](OC)O1. The zero-order valence-electron chi connectivity index (χ0n) is 9.72. The zero-order valence-corrected chi connectivity index (χ0v) is 9.72. The number of rotatable bonds is 5. The fraction of sp³-hybridized carbons (Fsp3) is 0.700. The molecule has 1 aliphatic rings. The van der Waals surface area contributed by atoms with Crippen molar-refractivity contribution in [3.8, 4) is 6.07 Å². The van der Waals surface area contributed by atoms with Crippen molar-refractivity contribution in [2.75, 3.05) is 28.4 Å². The summed E-state index contributed by atoms with van der Waals surface area (Å²) in [5.74, 6) is -0.307. The Morgan fingerprint density at radius 1 is 1.25 bits per heavy atom. The van der Waals surface area contributed by atoms with Gasteiger partial charge in [0.2, 0.25) is 6.29 Å². The standard InChI is InChI=1S/C10H15NO5/c1-12-8-6(5-11)7(9(13-2)14-3)10(15-4)16-8/h7,9-10H,1-4H3/t7-,10+/m1/s1. The lowest BCUT2D eigenvalue weighted by atomic mass is 10.0. The molecule has 0 saturated carbocycles. The van der Waals surface area contributed by atoms with E-state index in [0.717, 1.165) is 0 Å². The Bertz CT molecular complexity index is 305. The van der Waals surface area contributed by atoms with Crippen molar-refractivity contribution in [2.45, 2.75) is 12.6 Å². The first kappa shape index (κ1) is 12.8. The fourth-order valence-electron chi connectivity index (χ4n) is 1.64. The van der Waals surface area contributed by atoms with Gasteiger partial charge in [-0.1, -0.05) is 0 Å². The molecule has 0 bridgehead atoms. The molecule has 0 aromatic heterocycles. The first-order chi connectivity index (χ1) is 7.73. The van der Waals surface area contributed by atoms with Crippen LogP contribution in [0.25, 0.3) is 0 Å². The second-order valence-electron chi connectivity index (χ2n) is 3.10. The van der Waals surface area contributed by atoms with Crippen LogP contribution in [0.5, 0.6) is 0 Å². The molecule has 0 aromatic carbocycles. The molecule has 1 heterocycles. The Hall–Kier alpha value is -1.29. The number of hydrogen-bond donors (Lipinski definition) is 0. The fourth-order valence-corrected chi connectivity index (χ4v) is 1.64. The van der Waals surface area contributed by atoms with Gasteiger partial charge in [0, 0.05) is 21.3 Å². The Kier molecular flexibility index (Phi) is 4.55. The summed E-state index contributed by atoms with van der Waals surface area (Å²) in [7, 11) is 5.88. The highest BCUT2D eigenvalue weighted by Gasteiger charge is 2.44. The van der Waals surface area contributed by atoms with Crippen LogP contribution in [0.15, 0.2) is 11.5 Å². The first-order valence-electron chi connectivity index (χ1n) is 4.66. The van der Waals surface area contributed by atoms with Crippen molar-refractivity contribution in [1.29, 1.82) is 5.26 Å². The van der Waals surface area contributed by atoms with Crippen molar-refractivity contribution >= 4 is 0 Å². The molecule has 0 radical (unpaired) electrons. The summed E-state index contributed by atoms with van der Waals surface area (Å²) in [4.78, 5) is 0. The molecule has 0 amide bonds. The van der Waals surface area contributed by atoms with Crippen molar-refractivity contribution in [1.82, 2.24) is 0 Å². The van der Waals surface area contributed by atoms with E-state index in [1.54, 1.807) is 0 Å². The molecule has 2 atom stereocenters. The van der Waals surface area contributed by atoms with Crippen molar-refractivity contribution < 1.29 is 23.7 Å². The minimum Gasteiger partial charge on any atom is -0.468 e. The quantitative estimate of drug-likeness (QED) is 0.643. The van der Waals surface area contributed by atoms with Gasteiger partial charge >= 0.3 is 0 Å². The van der Waals surface area contributed by atoms with Gasteiger partial charge in [-0.3, -0.25) is 0 Å². The van der Waals surface area contributed by atoms with E-state index in [4.69, 9.17) is 28.9 Å². The summed E-state index contributed by atoms with van der Waals surface area (Å²) in [6, 6.07) is 2.02. The molecule has 0 aromatic rings. The summed E-state index contributed by atoms with van der Waals surface area (Å²) in [5.41, 5.74) is 0.322. The molecule has 0 aliphatic carbocycles. The van der Waals surface area contributed by atoms with E-state index >= 15 is 0 Å². The third kappa shape index (κ3) is 2.11. The highest BCUT2D eigenvalue weighted by molar-refractivity contribution is 5.29. The number of nitrogens with zero attached hydrogens (tertiary/aromatic N) is 1. The van der Waals surface area contributed by atoms with E-state index in [-0.39, 0.29) is 5.95 Å². The van der Waals surface area contributed by atoms with Gasteiger partial charge in [-0.2, -0.15) is 5.26 Å². The van der Waals surface area contributed by atoms with Gasteiger partial charge in [0.05, 0.1) is 7.11 Å². The van der Waals surface area contributed by atoms with Crippen LogP contribution in [0.4, 0.5) is 0 Å². The maximum Gasteiger partial charge on any atom is 0.296 e. The second-order valence-corrected chi connectivity index (χ2v) is 3.10. The monoisotopic (exact) mass is 229 g/mol. The minimum atomic E-state index is -0.644. The van der Waals surface area contributed by atoms with E-state index in [9.17, 15) is 0 Å². The van der Waals surface area contributed by atoms with Gasteiger partial charge in [0.25, 0.3) is 5.95 Å². The highest BCUT2D eigenvalue weighted by Crippen LogP contribution is 2.35. The lowest BCUT2D eigenvalue weighted by Gasteiger charge is -2.23. The topological polar surface area (TPSA) is 69.9 Å². The molecule has 0 spiro atoms. The number of ether oxygens (including phenoxy) is 5. The molecule has 1 aliphatic heterocycles. The van der Waals surface area contributed by atoms with E-state index in [2.05, 4.69) is 0 Å². The maximum absolute atomic E-state index is 9.06. The van der Waals surface area contributed by atoms with Gasteiger partial charge < -0.3 is 23.7 Å². The largest absolute Gasteiger partial charge is 0.468 e. The Morgan fingerprint density at radius 2 is 1.88 bits per heavy atom. The smallest absolute Gasteiger partial charge is 0.296 e. The van der Waals surface area contributed by atoms with Gasteiger partial charge in [-0.15, -0.1) is 0 Å². The Labute approximate surface area is 94.3 Å². The maximum atomic E-state index is 9.06. The van der Waals surface area contributed by atoms with Crippen LogP contribution in [-0.2, 0) is 23.7 Å². The summed E-state index contributed by atoms with van der Waals surface area (Å²) >= 11 is 0. The van der Waals surface area contributed by atoms with Crippen LogP contribution in [0, 0.1) is 17.2 Å². The molecular formula is C10H15NO5. The lowest BCUT2D eigenvalue weighted by molar-refractivity contribution is -0.199. The zero-order chi connectivity index (χ0) is 12.1. The van der Waals surface area contributed by atoms with Crippen LogP contribution in [0.1, 0.15) is 0 Å². The van der Waals surface area contributed by atoms with Crippen molar-refractivity contribution in [2.24, 2.45) is 5.92 Å². The van der Waals surface area contributed by atoms with Crippen LogP contribution in [0.3, 0.4) is 0 Å². The predicted molar refractivity (Wildman–Crippen MR) is 52.8 cm³/mol. The Balaban J connectivity index is 3.00. The summed E-state index contributed by atoms with van der Waals surface area (Å²) in [6.45, 7) is 0. The van der Waals surface area contributed by atoms with E-state index in [1.807, 2.05) is 6.07 Å². The van der Waals surface area contributed by atoms with Crippen molar-refractivity contribution in [3.63, 3.8) is 0 Å². The van der Waals surface area contributed by atoms with Gasteiger partial charge in [0.15, 0.2) is 6.29 Å². The molecule has 0 N–H and O–H groups in total. The third-order valence-electron chi connectivity index (χ3n) is 2.37. The predicted octanol–water partition coefficient (Wildman–Crippen LogP) is 0.606. The summed E-state index contributed by atoms with van der Waals surface area (Å²) < 4.78 is 25.6. The molecule has 90 valence electrons. The lowest BCUT2D eigenvalue weighted by Crippen LogP contribution is -2.34. The molecule has 0 unspecified atom stereocenters. The van der Waals surface area contributed by atoms with Crippen molar-refractivity contribution in [3.05, 3.63) is 11.5 Å². The average Bonchev–Trinajstić information content (AvgIpc) is 2.68. The first-order valence-corrected chi connectivity index (χ1v) is 4.66. The Morgan fingerprint density at radius 3 is 2.25 bits per heavy atom. The summed E-state index contributed by atoms with van der Waals surface area (Å²) in [5, 5.41) is 9.06. The van der Waals surface area contributed by atoms with Crippen LogP contribution >= 0.6 is 0 Å². The number of hydrogen-bond acceptors (Lipinski definition) is 6. The second kappa shape index (κ2) is 5.70. The minimum absolute atomic E-state index is 0.151. The normalized spacial score (nSPS) is 24.5. The van der Waals surface area contributed by atoms with E-state index in [0.29, 0.717) is 5.57 Å². The molecule has 16 heavy (non-hydrogen) atoms. The highest BCUT2D eigenvalue weighted by atomic mass is 16.8. The third-order valence-corrected chi connectivity index (χ3v) is 2.37. The molecule has 6 nitrogen and oxygen atoms in total. The number of nitriles is 1. The molecule has 6 heteroatoms. The number of methoxy groups -OCH3 is 4. The van der Waals surface area contributed by atoms with Crippen LogP contribution in [-0.4, -0.2) is 41.0 Å². The van der Waals surface area contributed by atoms with E-state index < -0.39 is 18.5 Å². The van der Waals surface area contributed by atoms with Gasteiger partial charge in [-0.05, 0) is 0 Å². The molecular weight excluding hydrogens is 214 g/mol. The van der Waals surface area contributed by atoms with Gasteiger partial charge in [-0.25, -0.2) is 0 Å². The van der Waals surface area contributed by atoms with Gasteiger partial charge in [0.1, 0.15) is 17.6 Å². The summed E-state index contributed by atoms with van der Waals surface area (Å²) in [6.07, 6.45) is -1.26. The van der Waals surface area contributed by atoms with Crippen LogP contribution < -0.4 is 0 Å². The van der Waals surface area contributed by atoms with Crippen LogP contribution in [0.2, 0.25) is 0 Å². The molecule has 0 fully saturated rings. The average molecular weight is 229 g/mol. The molecule has 0 saturated heterocycles.